The van der Waals surface area contributed by atoms with Crippen LogP contribution < -0.4 is 10.6 Å². The van der Waals surface area contributed by atoms with Crippen molar-refractivity contribution in [3.8, 4) is 10.6 Å². The Kier molecular flexibility index (Phi) is 7.46. The van der Waals surface area contributed by atoms with E-state index in [1.54, 1.807) is 29.3 Å². The number of likely N-dealkylation sites (tertiary alicyclic amines) is 1. The van der Waals surface area contributed by atoms with Crippen molar-refractivity contribution in [2.24, 2.45) is 5.41 Å². The highest BCUT2D eigenvalue weighted by molar-refractivity contribution is 7.13. The highest BCUT2D eigenvalue weighted by Gasteiger charge is 2.52. The summed E-state index contributed by atoms with van der Waals surface area (Å²) in [7, 11) is 0. The molecule has 36 heavy (non-hydrogen) atoms. The van der Waals surface area contributed by atoms with Gasteiger partial charge in [-0.25, -0.2) is 4.98 Å². The third kappa shape index (κ3) is 5.58. The molecule has 1 aromatic heterocycles. The van der Waals surface area contributed by atoms with Crippen LogP contribution >= 0.6 is 22.9 Å². The fourth-order valence-electron chi connectivity index (χ4n) is 5.37. The maximum Gasteiger partial charge on any atom is 0.311 e. The number of nitrogens with one attached hydrogen (secondary N) is 2. The molecule has 8 nitrogen and oxygen atoms in total. The van der Waals surface area contributed by atoms with E-state index in [2.05, 4.69) is 36.4 Å². The average molecular weight is 533 g/mol. The molecule has 1 aliphatic carbocycles. The minimum Gasteiger partial charge on any atom is -0.481 e. The van der Waals surface area contributed by atoms with Crippen LogP contribution in [0.3, 0.4) is 0 Å². The first-order valence-electron chi connectivity index (χ1n) is 12.2. The van der Waals surface area contributed by atoms with Crippen LogP contribution in [-0.2, 0) is 9.59 Å². The lowest BCUT2D eigenvalue weighted by atomic mass is 9.68. The van der Waals surface area contributed by atoms with E-state index in [1.165, 1.54) is 11.3 Å². The summed E-state index contributed by atoms with van der Waals surface area (Å²) in [6, 6.07) is 6.16. The number of benzene rings is 1. The molecule has 2 aromatic rings. The summed E-state index contributed by atoms with van der Waals surface area (Å²) in [4.78, 5) is 44.7. The van der Waals surface area contributed by atoms with Gasteiger partial charge in [0.05, 0.1) is 5.41 Å². The molecule has 1 unspecified atom stereocenters. The molecule has 0 spiro atoms. The lowest BCUT2D eigenvalue weighted by molar-refractivity contribution is -0.158. The van der Waals surface area contributed by atoms with Crippen LogP contribution in [0.4, 0.5) is 0 Å². The molecular formula is C26H33ClN4O4S. The summed E-state index contributed by atoms with van der Waals surface area (Å²) in [5.41, 5.74) is -0.0896. The fourth-order valence-corrected chi connectivity index (χ4v) is 6.31. The first-order chi connectivity index (χ1) is 16.9. The summed E-state index contributed by atoms with van der Waals surface area (Å²) in [6.45, 7) is 8.35. The number of carboxylic acid groups (broad SMARTS) is 1. The smallest absolute Gasteiger partial charge is 0.311 e. The van der Waals surface area contributed by atoms with Crippen molar-refractivity contribution in [3.05, 3.63) is 40.4 Å². The van der Waals surface area contributed by atoms with Gasteiger partial charge in [0.1, 0.15) is 16.7 Å². The van der Waals surface area contributed by atoms with E-state index in [0.717, 1.165) is 12.0 Å². The Balaban J connectivity index is 1.42. The first kappa shape index (κ1) is 26.6. The average Bonchev–Trinajstić information content (AvgIpc) is 3.41. The number of carbonyl (C=O) groups is 3. The normalized spacial score (nSPS) is 26.8. The second-order valence-corrected chi connectivity index (χ2v) is 12.3. The van der Waals surface area contributed by atoms with Crippen LogP contribution in [0.25, 0.3) is 10.6 Å². The Labute approximate surface area is 220 Å². The molecule has 1 saturated carbocycles. The topological polar surface area (TPSA) is 112 Å². The molecule has 2 heterocycles. The molecule has 2 aliphatic rings. The number of thiazole rings is 1. The molecule has 194 valence electrons. The molecule has 0 bridgehead atoms. The number of aliphatic carboxylic acids is 1. The number of rotatable bonds is 6. The van der Waals surface area contributed by atoms with E-state index in [-0.39, 0.29) is 23.2 Å². The highest BCUT2D eigenvalue weighted by Crippen LogP contribution is 2.41. The SMILES string of the molecule is CC(C)(C)N[C@@H]1CC[C@H](N2CCC(NC(=O)c3csc(-c4ccc(Cl)cc4)n3)C2=O)[C@](C)(C(=O)O)C1. The van der Waals surface area contributed by atoms with Crippen molar-refractivity contribution in [2.75, 3.05) is 6.54 Å². The first-order valence-corrected chi connectivity index (χ1v) is 13.5. The molecular weight excluding hydrogens is 500 g/mol. The molecule has 0 radical (unpaired) electrons. The third-order valence-electron chi connectivity index (χ3n) is 7.07. The third-order valence-corrected chi connectivity index (χ3v) is 8.21. The maximum absolute atomic E-state index is 13.3. The molecule has 1 aliphatic heterocycles. The Morgan fingerprint density at radius 2 is 1.89 bits per heavy atom. The molecule has 2 amide bonds. The fraction of sp³-hybridized carbons (Fsp3) is 0.538. The summed E-state index contributed by atoms with van der Waals surface area (Å²) in [5, 5.41) is 19.5. The van der Waals surface area contributed by atoms with Gasteiger partial charge in [-0.1, -0.05) is 23.7 Å². The minimum absolute atomic E-state index is 0.0649. The highest BCUT2D eigenvalue weighted by atomic mass is 35.5. The number of carbonyl (C=O) groups excluding carboxylic acids is 2. The predicted molar refractivity (Wildman–Crippen MR) is 140 cm³/mol. The second kappa shape index (κ2) is 10.1. The van der Waals surface area contributed by atoms with E-state index >= 15 is 0 Å². The molecule has 1 saturated heterocycles. The van der Waals surface area contributed by atoms with Crippen LogP contribution in [0.5, 0.6) is 0 Å². The summed E-state index contributed by atoms with van der Waals surface area (Å²) in [6.07, 6.45) is 2.27. The van der Waals surface area contributed by atoms with Crippen molar-refractivity contribution in [1.29, 1.82) is 0 Å². The van der Waals surface area contributed by atoms with Gasteiger partial charge in [-0.2, -0.15) is 0 Å². The van der Waals surface area contributed by atoms with Crippen LogP contribution in [0, 0.1) is 5.41 Å². The van der Waals surface area contributed by atoms with Crippen LogP contribution in [0.15, 0.2) is 29.6 Å². The molecule has 4 atom stereocenters. The van der Waals surface area contributed by atoms with Gasteiger partial charge in [-0.3, -0.25) is 14.4 Å². The predicted octanol–water partition coefficient (Wildman–Crippen LogP) is 4.19. The van der Waals surface area contributed by atoms with Gasteiger partial charge in [0.2, 0.25) is 5.91 Å². The lowest BCUT2D eigenvalue weighted by Gasteiger charge is -2.47. The van der Waals surface area contributed by atoms with Gasteiger partial charge in [0, 0.05) is 40.1 Å². The lowest BCUT2D eigenvalue weighted by Crippen LogP contribution is -2.59. The molecule has 3 N–H and O–H groups in total. The van der Waals surface area contributed by atoms with Crippen LogP contribution in [0.1, 0.15) is 63.9 Å². The Hall–Kier alpha value is -2.49. The molecule has 4 rings (SSSR count). The molecule has 2 fully saturated rings. The zero-order valence-corrected chi connectivity index (χ0v) is 22.6. The van der Waals surface area contributed by atoms with Crippen molar-refractivity contribution < 1.29 is 19.5 Å². The number of carboxylic acids is 1. The van der Waals surface area contributed by atoms with Gasteiger partial charge in [-0.15, -0.1) is 11.3 Å². The zero-order valence-electron chi connectivity index (χ0n) is 21.0. The van der Waals surface area contributed by atoms with Gasteiger partial charge in [0.15, 0.2) is 0 Å². The standard InChI is InChI=1S/C26H33ClN4O4S/c1-25(2,3)30-17-9-10-20(26(4,13-17)24(34)35)31-12-11-18(23(31)33)28-21(32)19-14-36-22(29-19)15-5-7-16(27)8-6-15/h5-8,14,17-18,20,30H,9-13H2,1-4H3,(H,28,32)(H,34,35)/t17-,18?,20+,26-/m1/s1. The summed E-state index contributed by atoms with van der Waals surface area (Å²) in [5.74, 6) is -1.53. The van der Waals surface area contributed by atoms with Gasteiger partial charge < -0.3 is 20.6 Å². The largest absolute Gasteiger partial charge is 0.481 e. The number of hydrogen-bond donors (Lipinski definition) is 3. The van der Waals surface area contributed by atoms with Crippen LogP contribution in [-0.4, -0.2) is 63.0 Å². The number of amides is 2. The number of hydrogen-bond acceptors (Lipinski definition) is 6. The van der Waals surface area contributed by atoms with E-state index in [1.807, 2.05) is 12.1 Å². The van der Waals surface area contributed by atoms with Gasteiger partial charge in [0.25, 0.3) is 5.91 Å². The van der Waals surface area contributed by atoms with Crippen molar-refractivity contribution in [2.45, 2.75) is 77.0 Å². The number of nitrogens with zero attached hydrogens (tertiary/aromatic N) is 2. The molecule has 10 heteroatoms. The van der Waals surface area contributed by atoms with E-state index in [9.17, 15) is 19.5 Å². The van der Waals surface area contributed by atoms with Crippen LogP contribution in [0.2, 0.25) is 5.02 Å². The van der Waals surface area contributed by atoms with Gasteiger partial charge in [-0.05, 0) is 65.5 Å². The second-order valence-electron chi connectivity index (χ2n) is 11.0. The monoisotopic (exact) mass is 532 g/mol. The zero-order chi connectivity index (χ0) is 26.3. The van der Waals surface area contributed by atoms with Gasteiger partial charge >= 0.3 is 5.97 Å². The molecule has 1 aromatic carbocycles. The number of aromatic nitrogens is 1. The van der Waals surface area contributed by atoms with E-state index in [0.29, 0.717) is 35.8 Å². The summed E-state index contributed by atoms with van der Waals surface area (Å²) < 4.78 is 0. The van der Waals surface area contributed by atoms with E-state index < -0.39 is 29.4 Å². The Morgan fingerprint density at radius 1 is 1.19 bits per heavy atom. The Bertz CT molecular complexity index is 1150. The van der Waals surface area contributed by atoms with E-state index in [4.69, 9.17) is 11.6 Å². The van der Waals surface area contributed by atoms with Crippen molar-refractivity contribution >= 4 is 40.7 Å². The quantitative estimate of drug-likeness (QED) is 0.514. The Morgan fingerprint density at radius 3 is 2.53 bits per heavy atom. The number of halogens is 1. The van der Waals surface area contributed by atoms with Crippen molar-refractivity contribution in [3.63, 3.8) is 0 Å². The summed E-state index contributed by atoms with van der Waals surface area (Å²) >= 11 is 7.29. The minimum atomic E-state index is -1.07. The maximum atomic E-state index is 13.3. The van der Waals surface area contributed by atoms with Crippen molar-refractivity contribution in [1.82, 2.24) is 20.5 Å².